The monoisotopic (exact) mass is 294 g/mol. The molecule has 2 N–H and O–H groups in total. The molecule has 1 rings (SSSR count). The van der Waals surface area contributed by atoms with Gasteiger partial charge in [0.15, 0.2) is 0 Å². The Labute approximate surface area is 120 Å². The van der Waals surface area contributed by atoms with Gasteiger partial charge in [-0.15, -0.1) is 24.8 Å². The molecular weight excluding hydrogens is 275 g/mol. The molecule has 0 bridgehead atoms. The molecule has 0 aliphatic rings. The smallest absolute Gasteiger partial charge is 0.323 e. The number of nitrogens with zero attached hydrogens (tertiary/aromatic N) is 1. The van der Waals surface area contributed by atoms with Crippen LogP contribution in [-0.2, 0) is 16.1 Å². The highest BCUT2D eigenvalue weighted by Gasteiger charge is 2.16. The minimum Gasteiger partial charge on any atom is -0.460 e. The highest BCUT2D eigenvalue weighted by atomic mass is 35.5. The molecule has 0 aliphatic carbocycles. The van der Waals surface area contributed by atoms with Gasteiger partial charge in [-0.3, -0.25) is 9.78 Å². The predicted octanol–water partition coefficient (Wildman–Crippen LogP) is 2.34. The van der Waals surface area contributed by atoms with Gasteiger partial charge in [0, 0.05) is 18.0 Å². The van der Waals surface area contributed by atoms with Gasteiger partial charge in [0.1, 0.15) is 12.6 Å². The molecule has 1 heterocycles. The lowest BCUT2D eigenvalue weighted by atomic mass is 10.1. The van der Waals surface area contributed by atoms with Crippen LogP contribution in [0, 0.1) is 5.92 Å². The second kappa shape index (κ2) is 10.1. The number of hydrogen-bond acceptors (Lipinski definition) is 4. The molecule has 4 nitrogen and oxygen atoms in total. The molecule has 18 heavy (non-hydrogen) atoms. The number of nitrogens with two attached hydrogens (primary N) is 1. The van der Waals surface area contributed by atoms with Crippen LogP contribution in [0.1, 0.15) is 25.8 Å². The Morgan fingerprint density at radius 2 is 2.11 bits per heavy atom. The first-order valence-corrected chi connectivity index (χ1v) is 5.40. The van der Waals surface area contributed by atoms with Gasteiger partial charge in [-0.05, 0) is 18.4 Å². The zero-order valence-electron chi connectivity index (χ0n) is 10.5. The van der Waals surface area contributed by atoms with E-state index in [1.165, 1.54) is 0 Å². The lowest BCUT2D eigenvalue weighted by Gasteiger charge is -2.13. The summed E-state index contributed by atoms with van der Waals surface area (Å²) in [5, 5.41) is 0. The van der Waals surface area contributed by atoms with Crippen LogP contribution < -0.4 is 5.73 Å². The maximum atomic E-state index is 11.5. The molecule has 0 fully saturated rings. The van der Waals surface area contributed by atoms with Crippen LogP contribution in [-0.4, -0.2) is 17.0 Å². The fraction of sp³-hybridized carbons (Fsp3) is 0.500. The van der Waals surface area contributed by atoms with Gasteiger partial charge in [0.2, 0.25) is 0 Å². The van der Waals surface area contributed by atoms with Crippen LogP contribution in [0.2, 0.25) is 0 Å². The quantitative estimate of drug-likeness (QED) is 0.847. The molecule has 1 aromatic rings. The van der Waals surface area contributed by atoms with Crippen molar-refractivity contribution in [2.24, 2.45) is 11.7 Å². The summed E-state index contributed by atoms with van der Waals surface area (Å²) in [4.78, 5) is 15.4. The van der Waals surface area contributed by atoms with E-state index in [4.69, 9.17) is 10.5 Å². The van der Waals surface area contributed by atoms with E-state index in [0.717, 1.165) is 5.56 Å². The third-order valence-corrected chi connectivity index (χ3v) is 2.13. The van der Waals surface area contributed by atoms with Crippen molar-refractivity contribution < 1.29 is 9.53 Å². The Morgan fingerprint density at radius 1 is 1.44 bits per heavy atom. The van der Waals surface area contributed by atoms with Gasteiger partial charge in [0.25, 0.3) is 0 Å². The van der Waals surface area contributed by atoms with Crippen LogP contribution in [0.5, 0.6) is 0 Å². The largest absolute Gasteiger partial charge is 0.460 e. The van der Waals surface area contributed by atoms with E-state index >= 15 is 0 Å². The molecule has 0 saturated heterocycles. The number of hydrogen-bond donors (Lipinski definition) is 1. The Hall–Kier alpha value is -0.840. The van der Waals surface area contributed by atoms with Crippen LogP contribution >= 0.6 is 24.8 Å². The molecule has 1 atom stereocenters. The molecule has 0 saturated carbocycles. The van der Waals surface area contributed by atoms with Crippen molar-refractivity contribution in [3.63, 3.8) is 0 Å². The van der Waals surface area contributed by atoms with Crippen LogP contribution in [0.4, 0.5) is 0 Å². The molecule has 1 aromatic heterocycles. The summed E-state index contributed by atoms with van der Waals surface area (Å²) in [5.74, 6) is 0.0403. The van der Waals surface area contributed by atoms with Crippen molar-refractivity contribution in [3.8, 4) is 0 Å². The Balaban J connectivity index is 0. The van der Waals surface area contributed by atoms with E-state index in [-0.39, 0.29) is 37.4 Å². The van der Waals surface area contributed by atoms with E-state index in [1.807, 2.05) is 19.9 Å². The van der Waals surface area contributed by atoms with Crippen molar-refractivity contribution in [2.75, 3.05) is 0 Å². The predicted molar refractivity (Wildman–Crippen MR) is 76.0 cm³/mol. The first-order valence-electron chi connectivity index (χ1n) is 5.40. The van der Waals surface area contributed by atoms with Crippen molar-refractivity contribution in [1.29, 1.82) is 0 Å². The summed E-state index contributed by atoms with van der Waals surface area (Å²) < 4.78 is 5.09. The standard InChI is InChI=1S/C12H18N2O2.2ClH/c1-9(2)6-11(13)12(15)16-8-10-4-3-5-14-7-10;;/h3-5,7,9,11H,6,8,13H2,1-2H3;2*1H/t11-;;/m0../s1. The number of carbonyl (C=O) groups excluding carboxylic acids is 1. The molecule has 0 spiro atoms. The zero-order valence-corrected chi connectivity index (χ0v) is 12.2. The number of rotatable bonds is 5. The van der Waals surface area contributed by atoms with Crippen molar-refractivity contribution in [1.82, 2.24) is 4.98 Å². The van der Waals surface area contributed by atoms with E-state index in [2.05, 4.69) is 4.98 Å². The molecule has 104 valence electrons. The SMILES string of the molecule is CC(C)C[C@H](N)C(=O)OCc1cccnc1.Cl.Cl. The fourth-order valence-electron chi connectivity index (χ4n) is 1.35. The average molecular weight is 295 g/mol. The zero-order chi connectivity index (χ0) is 12.0. The summed E-state index contributed by atoms with van der Waals surface area (Å²) in [6, 6.07) is 3.13. The molecule has 6 heteroatoms. The topological polar surface area (TPSA) is 65.2 Å². The molecule has 0 amide bonds. The first kappa shape index (κ1) is 19.5. The normalized spacial score (nSPS) is 11.1. The van der Waals surface area contributed by atoms with Crippen LogP contribution in [0.25, 0.3) is 0 Å². The summed E-state index contributed by atoms with van der Waals surface area (Å²) in [7, 11) is 0. The van der Waals surface area contributed by atoms with Gasteiger partial charge >= 0.3 is 5.97 Å². The summed E-state index contributed by atoms with van der Waals surface area (Å²) in [5.41, 5.74) is 6.56. The van der Waals surface area contributed by atoms with Gasteiger partial charge in [-0.2, -0.15) is 0 Å². The second-order valence-electron chi connectivity index (χ2n) is 4.21. The number of aromatic nitrogens is 1. The minimum absolute atomic E-state index is 0. The molecular formula is C12H20Cl2N2O2. The molecule has 0 aliphatic heterocycles. The van der Waals surface area contributed by atoms with E-state index < -0.39 is 6.04 Å². The van der Waals surface area contributed by atoms with E-state index in [9.17, 15) is 4.79 Å². The molecule has 0 aromatic carbocycles. The third-order valence-electron chi connectivity index (χ3n) is 2.13. The third kappa shape index (κ3) is 7.48. The lowest BCUT2D eigenvalue weighted by Crippen LogP contribution is -2.33. The van der Waals surface area contributed by atoms with Gasteiger partial charge in [0.05, 0.1) is 0 Å². The molecule has 0 unspecified atom stereocenters. The Morgan fingerprint density at radius 3 is 2.61 bits per heavy atom. The van der Waals surface area contributed by atoms with Gasteiger partial charge in [-0.1, -0.05) is 19.9 Å². The first-order chi connectivity index (χ1) is 7.59. The van der Waals surface area contributed by atoms with E-state index in [1.54, 1.807) is 18.5 Å². The van der Waals surface area contributed by atoms with Crippen LogP contribution in [0.15, 0.2) is 24.5 Å². The minimum atomic E-state index is -0.531. The Bertz CT molecular complexity index is 334. The summed E-state index contributed by atoms with van der Waals surface area (Å²) in [6.45, 7) is 4.28. The fourth-order valence-corrected chi connectivity index (χ4v) is 1.35. The van der Waals surface area contributed by atoms with Crippen molar-refractivity contribution in [2.45, 2.75) is 32.9 Å². The molecule has 0 radical (unpaired) electrons. The van der Waals surface area contributed by atoms with E-state index in [0.29, 0.717) is 12.3 Å². The lowest BCUT2D eigenvalue weighted by molar-refractivity contribution is -0.146. The average Bonchev–Trinajstić information content (AvgIpc) is 2.26. The van der Waals surface area contributed by atoms with Crippen molar-refractivity contribution >= 4 is 30.8 Å². The number of halogens is 2. The highest BCUT2D eigenvalue weighted by molar-refractivity contribution is 5.85. The highest BCUT2D eigenvalue weighted by Crippen LogP contribution is 2.05. The number of ether oxygens (including phenoxy) is 1. The Kier molecular flexibility index (Phi) is 11.0. The maximum Gasteiger partial charge on any atom is 0.323 e. The second-order valence-corrected chi connectivity index (χ2v) is 4.21. The van der Waals surface area contributed by atoms with Crippen molar-refractivity contribution in [3.05, 3.63) is 30.1 Å². The maximum absolute atomic E-state index is 11.5. The number of carbonyl (C=O) groups is 1. The van der Waals surface area contributed by atoms with Gasteiger partial charge in [-0.25, -0.2) is 0 Å². The number of pyridine rings is 1. The van der Waals surface area contributed by atoms with Gasteiger partial charge < -0.3 is 10.5 Å². The summed E-state index contributed by atoms with van der Waals surface area (Å²) >= 11 is 0. The number of esters is 1. The summed E-state index contributed by atoms with van der Waals surface area (Å²) in [6.07, 6.45) is 3.99. The van der Waals surface area contributed by atoms with Crippen LogP contribution in [0.3, 0.4) is 0 Å².